The van der Waals surface area contributed by atoms with Gasteiger partial charge in [-0.2, -0.15) is 0 Å². The first-order valence-electron chi connectivity index (χ1n) is 10.4. The number of benzene rings is 2. The summed E-state index contributed by atoms with van der Waals surface area (Å²) < 4.78 is 0. The van der Waals surface area contributed by atoms with Gasteiger partial charge in [-0.3, -0.25) is 19.8 Å². The molecular formula is C24H25N3O2S. The minimum atomic E-state index is -0.463. The molecule has 2 heterocycles. The molecule has 2 aromatic carbocycles. The number of piperidine rings is 1. The average molecular weight is 420 g/mol. The summed E-state index contributed by atoms with van der Waals surface area (Å²) in [5.41, 5.74) is 3.78. The summed E-state index contributed by atoms with van der Waals surface area (Å²) in [4.78, 5) is 29.6. The Morgan fingerprint density at radius 1 is 1.00 bits per heavy atom. The normalized spacial score (nSPS) is 18.7. The van der Waals surface area contributed by atoms with Gasteiger partial charge in [0.1, 0.15) is 5.57 Å². The van der Waals surface area contributed by atoms with Crippen molar-refractivity contribution >= 4 is 46.6 Å². The monoisotopic (exact) mass is 419 g/mol. The molecule has 2 amide bonds. The number of aryl methyl sites for hydroxylation is 1. The second-order valence-corrected chi connectivity index (χ2v) is 7.97. The lowest BCUT2D eigenvalue weighted by atomic mass is 10.0. The van der Waals surface area contributed by atoms with Crippen LogP contribution in [0.15, 0.2) is 54.1 Å². The van der Waals surface area contributed by atoms with E-state index in [2.05, 4.69) is 22.3 Å². The summed E-state index contributed by atoms with van der Waals surface area (Å²) in [7, 11) is 0. The van der Waals surface area contributed by atoms with Crippen LogP contribution in [0.2, 0.25) is 0 Å². The molecule has 30 heavy (non-hydrogen) atoms. The first kappa shape index (κ1) is 20.3. The Balaban J connectivity index is 1.62. The van der Waals surface area contributed by atoms with Crippen molar-refractivity contribution in [1.29, 1.82) is 0 Å². The number of anilines is 2. The van der Waals surface area contributed by atoms with Gasteiger partial charge in [-0.1, -0.05) is 37.3 Å². The van der Waals surface area contributed by atoms with Crippen LogP contribution in [0.5, 0.6) is 0 Å². The fourth-order valence-corrected chi connectivity index (χ4v) is 4.28. The van der Waals surface area contributed by atoms with Crippen molar-refractivity contribution in [1.82, 2.24) is 5.32 Å². The van der Waals surface area contributed by atoms with E-state index in [0.29, 0.717) is 5.69 Å². The number of hydrogen-bond donors (Lipinski definition) is 1. The fraction of sp³-hybridized carbons (Fsp3) is 0.292. The van der Waals surface area contributed by atoms with Gasteiger partial charge in [-0.05, 0) is 73.3 Å². The summed E-state index contributed by atoms with van der Waals surface area (Å²) in [5.74, 6) is -0.861. The van der Waals surface area contributed by atoms with Gasteiger partial charge >= 0.3 is 0 Å². The highest BCUT2D eigenvalue weighted by Crippen LogP contribution is 2.27. The zero-order valence-corrected chi connectivity index (χ0v) is 17.9. The third-order valence-corrected chi connectivity index (χ3v) is 5.93. The Morgan fingerprint density at radius 2 is 1.70 bits per heavy atom. The summed E-state index contributed by atoms with van der Waals surface area (Å²) >= 11 is 5.32. The highest BCUT2D eigenvalue weighted by Gasteiger charge is 2.35. The maximum atomic E-state index is 13.2. The van der Waals surface area contributed by atoms with Crippen LogP contribution in [0.3, 0.4) is 0 Å². The smallest absolute Gasteiger partial charge is 0.270 e. The van der Waals surface area contributed by atoms with Crippen molar-refractivity contribution in [2.24, 2.45) is 0 Å². The van der Waals surface area contributed by atoms with Crippen LogP contribution in [0, 0.1) is 0 Å². The number of amides is 2. The third-order valence-electron chi connectivity index (χ3n) is 5.64. The standard InChI is InChI=1S/C24H25N3O2S/c1-2-18-8-4-5-9-21(18)27-23(29)20(22(28)25-24(27)30)16-17-10-12-19(13-11-17)26-14-6-3-7-15-26/h4-5,8-13,16H,2-3,6-7,14-15H2,1H3,(H,25,28,30)/b20-16+. The fourth-order valence-electron chi connectivity index (χ4n) is 4.00. The predicted octanol–water partition coefficient (Wildman–Crippen LogP) is 4.07. The second-order valence-electron chi connectivity index (χ2n) is 7.58. The molecule has 2 saturated heterocycles. The largest absolute Gasteiger partial charge is 0.372 e. The lowest BCUT2D eigenvalue weighted by Crippen LogP contribution is -2.54. The molecule has 2 aliphatic heterocycles. The highest BCUT2D eigenvalue weighted by molar-refractivity contribution is 7.80. The molecule has 0 saturated carbocycles. The van der Waals surface area contributed by atoms with E-state index in [1.165, 1.54) is 29.8 Å². The van der Waals surface area contributed by atoms with E-state index in [1.807, 2.05) is 43.3 Å². The molecule has 0 aliphatic carbocycles. The van der Waals surface area contributed by atoms with Gasteiger partial charge in [0, 0.05) is 18.8 Å². The lowest BCUT2D eigenvalue weighted by Gasteiger charge is -2.30. The van der Waals surface area contributed by atoms with Crippen molar-refractivity contribution in [3.63, 3.8) is 0 Å². The molecule has 1 N–H and O–H groups in total. The molecule has 2 fully saturated rings. The van der Waals surface area contributed by atoms with Crippen molar-refractivity contribution in [3.8, 4) is 0 Å². The Kier molecular flexibility index (Phi) is 5.95. The molecule has 0 aromatic heterocycles. The van der Waals surface area contributed by atoms with Crippen molar-refractivity contribution in [2.75, 3.05) is 22.9 Å². The van der Waals surface area contributed by atoms with Crippen LogP contribution in [0.4, 0.5) is 11.4 Å². The molecule has 0 spiro atoms. The maximum Gasteiger partial charge on any atom is 0.270 e. The molecule has 0 unspecified atom stereocenters. The summed E-state index contributed by atoms with van der Waals surface area (Å²) in [6.45, 7) is 4.17. The molecule has 0 atom stereocenters. The van der Waals surface area contributed by atoms with Crippen molar-refractivity contribution in [2.45, 2.75) is 32.6 Å². The summed E-state index contributed by atoms with van der Waals surface area (Å²) in [6, 6.07) is 15.6. The molecule has 0 bridgehead atoms. The van der Waals surface area contributed by atoms with Crippen LogP contribution in [0.25, 0.3) is 6.08 Å². The quantitative estimate of drug-likeness (QED) is 0.461. The number of carbonyl (C=O) groups is 2. The van der Waals surface area contributed by atoms with Gasteiger partial charge < -0.3 is 4.90 Å². The van der Waals surface area contributed by atoms with Gasteiger partial charge in [-0.15, -0.1) is 0 Å². The number of nitrogens with one attached hydrogen (secondary N) is 1. The number of nitrogens with zero attached hydrogens (tertiary/aromatic N) is 2. The van der Waals surface area contributed by atoms with Crippen molar-refractivity contribution in [3.05, 3.63) is 65.2 Å². The molecule has 6 heteroatoms. The molecule has 2 aromatic rings. The number of thiocarbonyl (C=S) groups is 1. The molecule has 154 valence electrons. The molecule has 5 nitrogen and oxygen atoms in total. The van der Waals surface area contributed by atoms with Gasteiger partial charge in [0.25, 0.3) is 11.8 Å². The summed E-state index contributed by atoms with van der Waals surface area (Å²) in [6.07, 6.45) is 6.12. The van der Waals surface area contributed by atoms with Crippen LogP contribution < -0.4 is 15.1 Å². The minimum Gasteiger partial charge on any atom is -0.372 e. The van der Waals surface area contributed by atoms with Crippen LogP contribution in [-0.4, -0.2) is 30.0 Å². The number of carbonyl (C=O) groups excluding carboxylic acids is 2. The third kappa shape index (κ3) is 4.00. The van der Waals surface area contributed by atoms with Crippen LogP contribution in [-0.2, 0) is 16.0 Å². The first-order chi connectivity index (χ1) is 14.6. The first-order valence-corrected chi connectivity index (χ1v) is 10.8. The zero-order chi connectivity index (χ0) is 21.1. The van der Waals surface area contributed by atoms with Crippen LogP contribution in [0.1, 0.15) is 37.3 Å². The van der Waals surface area contributed by atoms with E-state index in [1.54, 1.807) is 6.08 Å². The Bertz CT molecular complexity index is 1010. The molecule has 2 aliphatic rings. The van der Waals surface area contributed by atoms with E-state index in [0.717, 1.165) is 30.6 Å². The molecular weight excluding hydrogens is 394 g/mol. The Hall–Kier alpha value is -2.99. The van der Waals surface area contributed by atoms with Gasteiger partial charge in [0.15, 0.2) is 5.11 Å². The van der Waals surface area contributed by atoms with E-state index in [4.69, 9.17) is 12.2 Å². The van der Waals surface area contributed by atoms with Gasteiger partial charge in [0.2, 0.25) is 0 Å². The SMILES string of the molecule is CCc1ccccc1N1C(=O)/C(=C/c2ccc(N3CCCCC3)cc2)C(=O)NC1=S. The van der Waals surface area contributed by atoms with Crippen molar-refractivity contribution < 1.29 is 9.59 Å². The molecule has 4 rings (SSSR count). The molecule has 0 radical (unpaired) electrons. The van der Waals surface area contributed by atoms with E-state index in [-0.39, 0.29) is 10.7 Å². The summed E-state index contributed by atoms with van der Waals surface area (Å²) in [5, 5.41) is 2.78. The maximum absolute atomic E-state index is 13.2. The topological polar surface area (TPSA) is 52.7 Å². The minimum absolute atomic E-state index is 0.0835. The van der Waals surface area contributed by atoms with E-state index in [9.17, 15) is 9.59 Å². The second kappa shape index (κ2) is 8.79. The van der Waals surface area contributed by atoms with E-state index >= 15 is 0 Å². The lowest BCUT2D eigenvalue weighted by molar-refractivity contribution is -0.122. The number of rotatable bonds is 4. The highest BCUT2D eigenvalue weighted by atomic mass is 32.1. The van der Waals surface area contributed by atoms with Gasteiger partial charge in [-0.25, -0.2) is 0 Å². The number of hydrogen-bond acceptors (Lipinski definition) is 4. The number of para-hydroxylation sites is 1. The Labute approximate surface area is 182 Å². The average Bonchev–Trinajstić information content (AvgIpc) is 2.78. The zero-order valence-electron chi connectivity index (χ0n) is 17.1. The van der Waals surface area contributed by atoms with Gasteiger partial charge in [0.05, 0.1) is 5.69 Å². The van der Waals surface area contributed by atoms with E-state index < -0.39 is 11.8 Å². The van der Waals surface area contributed by atoms with Crippen LogP contribution >= 0.6 is 12.2 Å². The predicted molar refractivity (Wildman–Crippen MR) is 125 cm³/mol. The Morgan fingerprint density at radius 3 is 2.40 bits per heavy atom.